The van der Waals surface area contributed by atoms with Crippen LogP contribution in [0.1, 0.15) is 13.3 Å². The van der Waals surface area contributed by atoms with E-state index in [1.165, 1.54) is 4.90 Å². The molecule has 110 valence electrons. The molecule has 7 heteroatoms. The number of rotatable bonds is 6. The van der Waals surface area contributed by atoms with E-state index >= 15 is 0 Å². The van der Waals surface area contributed by atoms with Gasteiger partial charge in [0.15, 0.2) is 0 Å². The van der Waals surface area contributed by atoms with Crippen molar-refractivity contribution in [3.8, 4) is 0 Å². The smallest absolute Gasteiger partial charge is 0.317 e. The van der Waals surface area contributed by atoms with Crippen LogP contribution in [0.3, 0.4) is 0 Å². The minimum Gasteiger partial charge on any atom is -0.481 e. The first-order valence-electron chi connectivity index (χ1n) is 6.30. The molecular weight excluding hydrogens is 252 g/mol. The van der Waals surface area contributed by atoms with Crippen LogP contribution in [0.25, 0.3) is 0 Å². The molecule has 1 aliphatic rings. The zero-order chi connectivity index (χ0) is 14.4. The lowest BCUT2D eigenvalue weighted by molar-refractivity contribution is -0.142. The minimum absolute atomic E-state index is 0.0273. The highest BCUT2D eigenvalue weighted by atomic mass is 16.5. The zero-order valence-corrected chi connectivity index (χ0v) is 11.6. The lowest BCUT2D eigenvalue weighted by Crippen LogP contribution is -2.50. The normalized spacial score (nSPS) is 23.9. The summed E-state index contributed by atoms with van der Waals surface area (Å²) in [5.41, 5.74) is 0. The van der Waals surface area contributed by atoms with Crippen LogP contribution in [0, 0.1) is 5.92 Å². The molecule has 0 aliphatic carbocycles. The standard InChI is InChI=1S/C12H22N2O5/c1-8(4-5-18-3)13-12(17)14(2)10-7-19-6-9(10)11(15)16/h8-10H,4-7H2,1-3H3,(H,13,17)(H,15,16). The summed E-state index contributed by atoms with van der Waals surface area (Å²) < 4.78 is 10.1. The van der Waals surface area contributed by atoms with Crippen molar-refractivity contribution in [2.24, 2.45) is 5.92 Å². The lowest BCUT2D eigenvalue weighted by Gasteiger charge is -2.28. The number of carboxylic acids is 1. The number of carbonyl (C=O) groups is 2. The van der Waals surface area contributed by atoms with Crippen molar-refractivity contribution in [3.63, 3.8) is 0 Å². The Morgan fingerprint density at radius 3 is 2.79 bits per heavy atom. The second kappa shape index (κ2) is 7.30. The molecule has 1 saturated heterocycles. The van der Waals surface area contributed by atoms with Crippen molar-refractivity contribution in [2.45, 2.75) is 25.4 Å². The van der Waals surface area contributed by atoms with Crippen LogP contribution in [0.4, 0.5) is 4.79 Å². The van der Waals surface area contributed by atoms with E-state index in [4.69, 9.17) is 14.6 Å². The number of likely N-dealkylation sites (N-methyl/N-ethyl adjacent to an activating group) is 1. The van der Waals surface area contributed by atoms with Gasteiger partial charge in [0.25, 0.3) is 0 Å². The number of nitrogens with one attached hydrogen (secondary N) is 1. The number of hydrogen-bond acceptors (Lipinski definition) is 4. The maximum absolute atomic E-state index is 12.0. The molecule has 7 nitrogen and oxygen atoms in total. The zero-order valence-electron chi connectivity index (χ0n) is 11.6. The van der Waals surface area contributed by atoms with Gasteiger partial charge in [-0.05, 0) is 13.3 Å². The minimum atomic E-state index is -0.936. The van der Waals surface area contributed by atoms with E-state index < -0.39 is 17.9 Å². The molecule has 3 atom stereocenters. The fraction of sp³-hybridized carbons (Fsp3) is 0.833. The second-order valence-electron chi connectivity index (χ2n) is 4.79. The molecule has 1 fully saturated rings. The van der Waals surface area contributed by atoms with Gasteiger partial charge in [-0.15, -0.1) is 0 Å². The molecule has 2 amide bonds. The van der Waals surface area contributed by atoms with Crippen LogP contribution in [0.2, 0.25) is 0 Å². The number of amides is 2. The van der Waals surface area contributed by atoms with Crippen molar-refractivity contribution < 1.29 is 24.2 Å². The van der Waals surface area contributed by atoms with Gasteiger partial charge < -0.3 is 24.8 Å². The molecule has 0 aromatic heterocycles. The first-order chi connectivity index (χ1) is 8.97. The average molecular weight is 274 g/mol. The molecule has 0 radical (unpaired) electrons. The Morgan fingerprint density at radius 1 is 1.53 bits per heavy atom. The Morgan fingerprint density at radius 2 is 2.21 bits per heavy atom. The van der Waals surface area contributed by atoms with Crippen molar-refractivity contribution in [2.75, 3.05) is 34.0 Å². The van der Waals surface area contributed by atoms with Gasteiger partial charge in [-0.3, -0.25) is 4.79 Å². The summed E-state index contributed by atoms with van der Waals surface area (Å²) in [6, 6.07) is -0.738. The monoisotopic (exact) mass is 274 g/mol. The fourth-order valence-corrected chi connectivity index (χ4v) is 1.99. The number of methoxy groups -OCH3 is 1. The number of urea groups is 1. The molecule has 0 aromatic rings. The summed E-state index contributed by atoms with van der Waals surface area (Å²) in [6.07, 6.45) is 0.708. The maximum atomic E-state index is 12.0. The van der Waals surface area contributed by atoms with Crippen LogP contribution >= 0.6 is 0 Å². The number of hydrogen-bond donors (Lipinski definition) is 2. The molecule has 1 aliphatic heterocycles. The third-order valence-corrected chi connectivity index (χ3v) is 3.31. The lowest BCUT2D eigenvalue weighted by atomic mass is 10.0. The second-order valence-corrected chi connectivity index (χ2v) is 4.79. The highest BCUT2D eigenvalue weighted by Crippen LogP contribution is 2.19. The predicted octanol–water partition coefficient (Wildman–Crippen LogP) is 0.152. The molecule has 1 rings (SSSR count). The van der Waals surface area contributed by atoms with Crippen molar-refractivity contribution >= 4 is 12.0 Å². The van der Waals surface area contributed by atoms with Gasteiger partial charge in [0.05, 0.1) is 19.3 Å². The molecule has 0 spiro atoms. The Labute approximate surface area is 112 Å². The summed E-state index contributed by atoms with van der Waals surface area (Å²) in [5, 5.41) is 11.9. The van der Waals surface area contributed by atoms with Gasteiger partial charge in [0, 0.05) is 26.8 Å². The van der Waals surface area contributed by atoms with Crippen LogP contribution in [-0.4, -0.2) is 68.1 Å². The summed E-state index contributed by atoms with van der Waals surface area (Å²) in [7, 11) is 3.20. The number of carboxylic acid groups (broad SMARTS) is 1. The average Bonchev–Trinajstić information content (AvgIpc) is 2.84. The Hall–Kier alpha value is -1.34. The van der Waals surface area contributed by atoms with E-state index in [9.17, 15) is 9.59 Å². The van der Waals surface area contributed by atoms with Crippen LogP contribution in [-0.2, 0) is 14.3 Å². The molecule has 1 heterocycles. The van der Waals surface area contributed by atoms with E-state index in [2.05, 4.69) is 5.32 Å². The molecule has 0 bridgehead atoms. The first-order valence-corrected chi connectivity index (χ1v) is 6.30. The van der Waals surface area contributed by atoms with Crippen molar-refractivity contribution in [3.05, 3.63) is 0 Å². The Kier molecular flexibility index (Phi) is 6.04. The van der Waals surface area contributed by atoms with E-state index in [1.54, 1.807) is 14.2 Å². The number of aliphatic carboxylic acids is 1. The van der Waals surface area contributed by atoms with Gasteiger partial charge in [0.2, 0.25) is 0 Å². The highest BCUT2D eigenvalue weighted by molar-refractivity contribution is 5.77. The third kappa shape index (κ3) is 4.36. The number of carbonyl (C=O) groups excluding carboxylic acids is 1. The van der Waals surface area contributed by atoms with Gasteiger partial charge in [0.1, 0.15) is 5.92 Å². The summed E-state index contributed by atoms with van der Waals surface area (Å²) in [5.74, 6) is -1.60. The molecule has 2 N–H and O–H groups in total. The maximum Gasteiger partial charge on any atom is 0.317 e. The van der Waals surface area contributed by atoms with Gasteiger partial charge in [-0.25, -0.2) is 4.79 Å². The van der Waals surface area contributed by atoms with Gasteiger partial charge >= 0.3 is 12.0 Å². The Balaban J connectivity index is 2.49. The van der Waals surface area contributed by atoms with E-state index in [0.717, 1.165) is 0 Å². The molecule has 19 heavy (non-hydrogen) atoms. The van der Waals surface area contributed by atoms with E-state index in [0.29, 0.717) is 13.0 Å². The van der Waals surface area contributed by atoms with Crippen LogP contribution in [0.15, 0.2) is 0 Å². The van der Waals surface area contributed by atoms with E-state index in [1.807, 2.05) is 6.92 Å². The van der Waals surface area contributed by atoms with Crippen LogP contribution in [0.5, 0.6) is 0 Å². The predicted molar refractivity (Wildman–Crippen MR) is 68.0 cm³/mol. The molecule has 0 aromatic carbocycles. The quantitative estimate of drug-likeness (QED) is 0.720. The largest absolute Gasteiger partial charge is 0.481 e. The topological polar surface area (TPSA) is 88.1 Å². The SMILES string of the molecule is COCCC(C)NC(=O)N(C)C1COCC1C(=O)O. The van der Waals surface area contributed by atoms with Crippen molar-refractivity contribution in [1.82, 2.24) is 10.2 Å². The van der Waals surface area contributed by atoms with E-state index in [-0.39, 0.29) is 25.3 Å². The summed E-state index contributed by atoms with van der Waals surface area (Å²) in [4.78, 5) is 24.5. The fourth-order valence-electron chi connectivity index (χ4n) is 1.99. The Bertz CT molecular complexity index is 323. The van der Waals surface area contributed by atoms with Crippen LogP contribution < -0.4 is 5.32 Å². The highest BCUT2D eigenvalue weighted by Gasteiger charge is 2.38. The third-order valence-electron chi connectivity index (χ3n) is 3.31. The molecule has 3 unspecified atom stereocenters. The van der Waals surface area contributed by atoms with Crippen molar-refractivity contribution in [1.29, 1.82) is 0 Å². The summed E-state index contributed by atoms with van der Waals surface area (Å²) >= 11 is 0. The number of nitrogens with zero attached hydrogens (tertiary/aromatic N) is 1. The first kappa shape index (κ1) is 15.7. The van der Waals surface area contributed by atoms with Gasteiger partial charge in [-0.1, -0.05) is 0 Å². The number of ether oxygens (including phenoxy) is 2. The molecular formula is C12H22N2O5. The summed E-state index contributed by atoms with van der Waals surface area (Å²) in [6.45, 7) is 2.85. The molecule has 0 saturated carbocycles. The van der Waals surface area contributed by atoms with Gasteiger partial charge in [-0.2, -0.15) is 0 Å².